The number of halogens is 1. The number of rotatable bonds is 6. The van der Waals surface area contributed by atoms with Gasteiger partial charge in [0, 0.05) is 16.0 Å². The van der Waals surface area contributed by atoms with Crippen LogP contribution in [0.2, 0.25) is 5.02 Å². The largest absolute Gasteiger partial charge is 0.463 e. The second kappa shape index (κ2) is 6.63. The predicted octanol–water partition coefficient (Wildman–Crippen LogP) is 2.84. The monoisotopic (exact) mass is 404 g/mol. The van der Waals surface area contributed by atoms with Gasteiger partial charge in [0.2, 0.25) is 0 Å². The summed E-state index contributed by atoms with van der Waals surface area (Å²) in [6, 6.07) is 7.31. The highest BCUT2D eigenvalue weighted by Crippen LogP contribution is 2.45. The van der Waals surface area contributed by atoms with Gasteiger partial charge in [0.05, 0.1) is 30.0 Å². The van der Waals surface area contributed by atoms with Gasteiger partial charge in [-0.3, -0.25) is 4.79 Å². The van der Waals surface area contributed by atoms with E-state index in [2.05, 4.69) is 9.97 Å². The standard InChI is InChI=1S/C18H17ClN4O3S/c19-10-3-1-2-9(6-10)13-11-12(20)14(15(21)25)27-16(11)23-17(22-13)26-8-18(7-24)4-5-18/h1-3,6,24H,4-5,7-8,20H2,(H2,21,25). The van der Waals surface area contributed by atoms with Gasteiger partial charge in [-0.15, -0.1) is 11.3 Å². The van der Waals surface area contributed by atoms with Crippen LogP contribution in [-0.4, -0.2) is 34.2 Å². The number of nitrogens with zero attached hydrogens (tertiary/aromatic N) is 2. The minimum atomic E-state index is -0.618. The van der Waals surface area contributed by atoms with E-state index >= 15 is 0 Å². The Balaban J connectivity index is 1.85. The fourth-order valence-electron chi connectivity index (χ4n) is 2.84. The van der Waals surface area contributed by atoms with Crippen LogP contribution in [0.25, 0.3) is 21.5 Å². The van der Waals surface area contributed by atoms with Crippen LogP contribution in [0.15, 0.2) is 24.3 Å². The van der Waals surface area contributed by atoms with Crippen LogP contribution < -0.4 is 16.2 Å². The molecule has 0 spiro atoms. The maximum Gasteiger partial charge on any atom is 0.318 e. The second-order valence-corrected chi connectivity index (χ2v) is 8.14. The first-order valence-corrected chi connectivity index (χ1v) is 9.51. The zero-order chi connectivity index (χ0) is 19.2. The molecule has 1 aliphatic carbocycles. The number of amides is 1. The molecule has 3 aromatic rings. The molecule has 1 aromatic carbocycles. The van der Waals surface area contributed by atoms with Crippen molar-refractivity contribution < 1.29 is 14.6 Å². The highest BCUT2D eigenvalue weighted by atomic mass is 35.5. The molecule has 0 saturated heterocycles. The summed E-state index contributed by atoms with van der Waals surface area (Å²) in [6.07, 6.45) is 1.81. The number of hydrogen-bond donors (Lipinski definition) is 3. The molecule has 0 unspecified atom stereocenters. The van der Waals surface area contributed by atoms with E-state index in [9.17, 15) is 9.90 Å². The molecule has 1 aliphatic rings. The number of fused-ring (bicyclic) bond motifs is 1. The Labute approximate surface area is 163 Å². The van der Waals surface area contributed by atoms with Crippen molar-refractivity contribution in [2.75, 3.05) is 18.9 Å². The molecule has 0 radical (unpaired) electrons. The third-order valence-electron chi connectivity index (χ3n) is 4.69. The predicted molar refractivity (Wildman–Crippen MR) is 105 cm³/mol. The second-order valence-electron chi connectivity index (χ2n) is 6.70. The summed E-state index contributed by atoms with van der Waals surface area (Å²) in [5.74, 6) is -0.618. The molecular formula is C18H17ClN4O3S. The number of carbonyl (C=O) groups excluding carboxylic acids is 1. The number of hydrogen-bond acceptors (Lipinski definition) is 7. The molecule has 0 atom stereocenters. The first-order chi connectivity index (χ1) is 12.9. The Morgan fingerprint density at radius 3 is 2.78 bits per heavy atom. The van der Waals surface area contributed by atoms with E-state index in [1.807, 2.05) is 6.07 Å². The van der Waals surface area contributed by atoms with Crippen molar-refractivity contribution in [3.8, 4) is 17.3 Å². The lowest BCUT2D eigenvalue weighted by atomic mass is 10.1. The number of carbonyl (C=O) groups is 1. The maximum atomic E-state index is 11.7. The van der Waals surface area contributed by atoms with Crippen molar-refractivity contribution in [2.45, 2.75) is 12.8 Å². The first kappa shape index (κ1) is 18.0. The van der Waals surface area contributed by atoms with E-state index < -0.39 is 5.91 Å². The number of benzene rings is 1. The molecule has 9 heteroatoms. The molecule has 140 valence electrons. The smallest absolute Gasteiger partial charge is 0.318 e. The van der Waals surface area contributed by atoms with Crippen LogP contribution >= 0.6 is 22.9 Å². The summed E-state index contributed by atoms with van der Waals surface area (Å²) >= 11 is 7.22. The van der Waals surface area contributed by atoms with Crippen LogP contribution in [0.5, 0.6) is 6.01 Å². The Bertz CT molecular complexity index is 1050. The molecule has 2 heterocycles. The average Bonchev–Trinajstić information content (AvgIpc) is 3.36. The van der Waals surface area contributed by atoms with Crippen LogP contribution in [0.4, 0.5) is 5.69 Å². The van der Waals surface area contributed by atoms with Gasteiger partial charge in [-0.05, 0) is 25.0 Å². The number of aromatic nitrogens is 2. The summed E-state index contributed by atoms with van der Waals surface area (Å²) in [7, 11) is 0. The summed E-state index contributed by atoms with van der Waals surface area (Å²) in [4.78, 5) is 21.4. The molecule has 1 amide bonds. The number of thiophene rings is 1. The van der Waals surface area contributed by atoms with E-state index in [1.54, 1.807) is 18.2 Å². The average molecular weight is 405 g/mol. The lowest BCUT2D eigenvalue weighted by Gasteiger charge is -2.13. The van der Waals surface area contributed by atoms with Gasteiger partial charge in [-0.1, -0.05) is 23.7 Å². The van der Waals surface area contributed by atoms with Gasteiger partial charge >= 0.3 is 6.01 Å². The summed E-state index contributed by atoms with van der Waals surface area (Å²) in [5.41, 5.74) is 12.9. The molecule has 1 fully saturated rings. The zero-order valence-electron chi connectivity index (χ0n) is 14.2. The molecule has 1 saturated carbocycles. The maximum absolute atomic E-state index is 11.7. The van der Waals surface area contributed by atoms with Gasteiger partial charge in [0.25, 0.3) is 5.91 Å². The fraction of sp³-hybridized carbons (Fsp3) is 0.278. The summed E-state index contributed by atoms with van der Waals surface area (Å²) < 4.78 is 5.77. The Kier molecular flexibility index (Phi) is 4.41. The SMILES string of the molecule is NC(=O)c1sc2nc(OCC3(CO)CC3)nc(-c3cccc(Cl)c3)c2c1N. The van der Waals surface area contributed by atoms with E-state index in [0.29, 0.717) is 27.5 Å². The van der Waals surface area contributed by atoms with E-state index in [-0.39, 0.29) is 28.6 Å². The van der Waals surface area contributed by atoms with Gasteiger partial charge in [-0.25, -0.2) is 0 Å². The molecule has 0 bridgehead atoms. The van der Waals surface area contributed by atoms with Crippen molar-refractivity contribution in [3.05, 3.63) is 34.2 Å². The zero-order valence-corrected chi connectivity index (χ0v) is 15.8. The summed E-state index contributed by atoms with van der Waals surface area (Å²) in [6.45, 7) is 0.391. The van der Waals surface area contributed by atoms with Crippen LogP contribution in [-0.2, 0) is 0 Å². The van der Waals surface area contributed by atoms with E-state index in [4.69, 9.17) is 27.8 Å². The van der Waals surface area contributed by atoms with Crippen LogP contribution in [0.1, 0.15) is 22.5 Å². The third kappa shape index (κ3) is 3.31. The highest BCUT2D eigenvalue weighted by molar-refractivity contribution is 7.21. The van der Waals surface area contributed by atoms with Crippen LogP contribution in [0.3, 0.4) is 0 Å². The molecule has 0 aliphatic heterocycles. The molecule has 7 nitrogen and oxygen atoms in total. The molecule has 4 rings (SSSR count). The quantitative estimate of drug-likeness (QED) is 0.580. The van der Waals surface area contributed by atoms with Gasteiger partial charge in [0.1, 0.15) is 9.71 Å². The lowest BCUT2D eigenvalue weighted by molar-refractivity contribution is 0.100. The Hall–Kier alpha value is -2.42. The van der Waals surface area contributed by atoms with Crippen LogP contribution in [0, 0.1) is 5.41 Å². The number of anilines is 1. The number of nitrogens with two attached hydrogens (primary N) is 2. The van der Waals surface area contributed by atoms with Gasteiger partial charge in [0.15, 0.2) is 0 Å². The van der Waals surface area contributed by atoms with E-state index in [1.165, 1.54) is 0 Å². The van der Waals surface area contributed by atoms with Gasteiger partial charge in [-0.2, -0.15) is 9.97 Å². The topological polar surface area (TPSA) is 124 Å². The summed E-state index contributed by atoms with van der Waals surface area (Å²) in [5, 5.41) is 10.6. The van der Waals surface area contributed by atoms with Gasteiger partial charge < -0.3 is 21.3 Å². The van der Waals surface area contributed by atoms with Crippen molar-refractivity contribution >= 4 is 44.7 Å². The van der Waals surface area contributed by atoms with Crippen molar-refractivity contribution in [3.63, 3.8) is 0 Å². The number of primary amides is 1. The number of ether oxygens (including phenoxy) is 1. The lowest BCUT2D eigenvalue weighted by Crippen LogP contribution is -2.18. The molecule has 5 N–H and O–H groups in total. The van der Waals surface area contributed by atoms with Crippen molar-refractivity contribution in [1.82, 2.24) is 9.97 Å². The Morgan fingerprint density at radius 2 is 2.15 bits per heavy atom. The minimum absolute atomic E-state index is 0.0637. The third-order valence-corrected chi connectivity index (χ3v) is 6.04. The number of nitrogen functional groups attached to an aromatic ring is 1. The molecule has 2 aromatic heterocycles. The van der Waals surface area contributed by atoms with Crippen molar-refractivity contribution in [2.24, 2.45) is 11.1 Å². The van der Waals surface area contributed by atoms with E-state index in [0.717, 1.165) is 29.7 Å². The minimum Gasteiger partial charge on any atom is -0.463 e. The Morgan fingerprint density at radius 1 is 1.37 bits per heavy atom. The normalized spacial score (nSPS) is 15.0. The molecule has 27 heavy (non-hydrogen) atoms. The van der Waals surface area contributed by atoms with Crippen molar-refractivity contribution in [1.29, 1.82) is 0 Å². The highest BCUT2D eigenvalue weighted by Gasteiger charge is 2.43. The first-order valence-electron chi connectivity index (χ1n) is 8.32. The number of aliphatic hydroxyl groups excluding tert-OH is 1. The molecular weight excluding hydrogens is 388 g/mol. The number of aliphatic hydroxyl groups is 1. The fourth-order valence-corrected chi connectivity index (χ4v) is 3.97.